The van der Waals surface area contributed by atoms with Gasteiger partial charge in [0.15, 0.2) is 0 Å². The van der Waals surface area contributed by atoms with Gasteiger partial charge in [0.2, 0.25) is 5.91 Å². The molecule has 3 heteroatoms. The number of carbonyl (C=O) groups is 1. The molecule has 1 amide bonds. The van der Waals surface area contributed by atoms with Crippen LogP contribution in [0.25, 0.3) is 0 Å². The van der Waals surface area contributed by atoms with Crippen molar-refractivity contribution in [3.05, 3.63) is 35.4 Å². The van der Waals surface area contributed by atoms with Crippen LogP contribution < -0.4 is 0 Å². The molecule has 0 aliphatic carbocycles. The van der Waals surface area contributed by atoms with Crippen molar-refractivity contribution in [1.82, 2.24) is 4.90 Å². The molecule has 0 atom stereocenters. The predicted octanol–water partition coefficient (Wildman–Crippen LogP) is 2.41. The smallest absolute Gasteiger partial charge is 0.223 e. The molecule has 3 nitrogen and oxygen atoms in total. The summed E-state index contributed by atoms with van der Waals surface area (Å²) >= 11 is 0. The van der Waals surface area contributed by atoms with E-state index in [1.165, 1.54) is 11.1 Å². The number of aliphatic hydroxyl groups excluding tert-OH is 1. The van der Waals surface area contributed by atoms with Crippen molar-refractivity contribution in [3.8, 4) is 0 Å². The Morgan fingerprint density at radius 2 is 1.79 bits per heavy atom. The van der Waals surface area contributed by atoms with Gasteiger partial charge in [0.1, 0.15) is 0 Å². The van der Waals surface area contributed by atoms with Gasteiger partial charge >= 0.3 is 0 Å². The van der Waals surface area contributed by atoms with Crippen molar-refractivity contribution in [2.75, 3.05) is 13.2 Å². The Kier molecular flexibility index (Phi) is 6.57. The third-order valence-corrected chi connectivity index (χ3v) is 3.34. The largest absolute Gasteiger partial charge is 0.395 e. The number of rotatable bonds is 7. The van der Waals surface area contributed by atoms with Crippen LogP contribution in [0.2, 0.25) is 0 Å². The molecule has 0 heterocycles. The molecule has 106 valence electrons. The van der Waals surface area contributed by atoms with Crippen LogP contribution in [0.15, 0.2) is 24.3 Å². The van der Waals surface area contributed by atoms with Gasteiger partial charge in [-0.3, -0.25) is 4.79 Å². The summed E-state index contributed by atoms with van der Waals surface area (Å²) in [6, 6.07) is 8.57. The number of hydrogen-bond donors (Lipinski definition) is 1. The van der Waals surface area contributed by atoms with Gasteiger partial charge in [0.25, 0.3) is 0 Å². The number of aryl methyl sites for hydroxylation is 2. The van der Waals surface area contributed by atoms with E-state index in [0.29, 0.717) is 13.0 Å². The Bertz CT molecular complexity index is 384. The summed E-state index contributed by atoms with van der Waals surface area (Å²) in [5.74, 6) is 0.114. The van der Waals surface area contributed by atoms with Gasteiger partial charge in [-0.15, -0.1) is 0 Å². The zero-order valence-electron chi connectivity index (χ0n) is 12.2. The third-order valence-electron chi connectivity index (χ3n) is 3.34. The molecule has 1 rings (SSSR count). The molecule has 0 aliphatic rings. The summed E-state index contributed by atoms with van der Waals surface area (Å²) in [7, 11) is 0. The maximum atomic E-state index is 12.1. The first-order valence-electron chi connectivity index (χ1n) is 7.06. The predicted molar refractivity (Wildman–Crippen MR) is 78.1 cm³/mol. The van der Waals surface area contributed by atoms with E-state index in [4.69, 9.17) is 5.11 Å². The first-order valence-corrected chi connectivity index (χ1v) is 7.06. The lowest BCUT2D eigenvalue weighted by Crippen LogP contribution is -2.39. The van der Waals surface area contributed by atoms with Crippen molar-refractivity contribution < 1.29 is 9.90 Å². The Morgan fingerprint density at radius 3 is 2.26 bits per heavy atom. The average molecular weight is 263 g/mol. The molecule has 0 fully saturated rings. The number of carbonyl (C=O) groups excluding carboxylic acids is 1. The zero-order valence-corrected chi connectivity index (χ0v) is 12.2. The fraction of sp³-hybridized carbons (Fsp3) is 0.562. The van der Waals surface area contributed by atoms with Crippen LogP contribution >= 0.6 is 0 Å². The number of nitrogens with zero attached hydrogens (tertiary/aromatic N) is 1. The van der Waals surface area contributed by atoms with Gasteiger partial charge in [-0.1, -0.05) is 31.2 Å². The van der Waals surface area contributed by atoms with Crippen molar-refractivity contribution in [1.29, 1.82) is 0 Å². The molecule has 0 bridgehead atoms. The maximum Gasteiger partial charge on any atom is 0.223 e. The van der Waals surface area contributed by atoms with Crippen LogP contribution in [-0.2, 0) is 17.6 Å². The highest BCUT2D eigenvalue weighted by atomic mass is 16.3. The summed E-state index contributed by atoms with van der Waals surface area (Å²) in [6.07, 6.45) is 2.30. The summed E-state index contributed by atoms with van der Waals surface area (Å²) in [5.41, 5.74) is 2.51. The second-order valence-corrected chi connectivity index (χ2v) is 5.07. The van der Waals surface area contributed by atoms with E-state index < -0.39 is 0 Å². The quantitative estimate of drug-likeness (QED) is 0.820. The summed E-state index contributed by atoms with van der Waals surface area (Å²) < 4.78 is 0. The lowest BCUT2D eigenvalue weighted by molar-refractivity contribution is -0.133. The van der Waals surface area contributed by atoms with Gasteiger partial charge in [0, 0.05) is 19.0 Å². The summed E-state index contributed by atoms with van der Waals surface area (Å²) in [5, 5.41) is 8.98. The van der Waals surface area contributed by atoms with E-state index in [1.54, 1.807) is 4.90 Å². The van der Waals surface area contributed by atoms with E-state index in [1.807, 2.05) is 13.8 Å². The van der Waals surface area contributed by atoms with E-state index in [9.17, 15) is 4.79 Å². The zero-order chi connectivity index (χ0) is 14.3. The average Bonchev–Trinajstić information content (AvgIpc) is 2.42. The SMILES string of the molecule is CCc1ccc(CCC(=O)N(CCO)C(C)C)cc1. The minimum Gasteiger partial charge on any atom is -0.395 e. The Labute approximate surface area is 116 Å². The Balaban J connectivity index is 2.52. The van der Waals surface area contributed by atoms with Crippen LogP contribution in [0.3, 0.4) is 0 Å². The molecule has 1 aromatic rings. The van der Waals surface area contributed by atoms with Gasteiger partial charge in [-0.25, -0.2) is 0 Å². The highest BCUT2D eigenvalue weighted by Gasteiger charge is 2.15. The van der Waals surface area contributed by atoms with Crippen LogP contribution in [0.1, 0.15) is 38.3 Å². The molecule has 0 radical (unpaired) electrons. The molecular formula is C16H25NO2. The molecule has 0 aliphatic heterocycles. The van der Waals surface area contributed by atoms with E-state index in [0.717, 1.165) is 12.8 Å². The van der Waals surface area contributed by atoms with Crippen LogP contribution in [0, 0.1) is 0 Å². The first kappa shape index (κ1) is 15.7. The Morgan fingerprint density at radius 1 is 1.21 bits per heavy atom. The lowest BCUT2D eigenvalue weighted by atomic mass is 10.1. The van der Waals surface area contributed by atoms with Gasteiger partial charge in [0.05, 0.1) is 6.61 Å². The highest BCUT2D eigenvalue weighted by Crippen LogP contribution is 2.09. The molecule has 0 saturated carbocycles. The van der Waals surface area contributed by atoms with Crippen LogP contribution in [0.4, 0.5) is 0 Å². The molecule has 1 aromatic carbocycles. The van der Waals surface area contributed by atoms with Gasteiger partial charge in [-0.05, 0) is 37.8 Å². The van der Waals surface area contributed by atoms with E-state index in [-0.39, 0.29) is 18.6 Å². The third kappa shape index (κ3) is 5.03. The topological polar surface area (TPSA) is 40.5 Å². The van der Waals surface area contributed by atoms with Gasteiger partial charge < -0.3 is 10.0 Å². The fourth-order valence-corrected chi connectivity index (χ4v) is 2.12. The van der Waals surface area contributed by atoms with E-state index in [2.05, 4.69) is 31.2 Å². The normalized spacial score (nSPS) is 10.8. The maximum absolute atomic E-state index is 12.1. The number of benzene rings is 1. The number of hydrogen-bond acceptors (Lipinski definition) is 2. The molecular weight excluding hydrogens is 238 g/mol. The number of amides is 1. The van der Waals surface area contributed by atoms with Crippen molar-refractivity contribution >= 4 is 5.91 Å². The molecule has 0 saturated heterocycles. The summed E-state index contributed by atoms with van der Waals surface area (Å²) in [4.78, 5) is 13.8. The number of aliphatic hydroxyl groups is 1. The minimum atomic E-state index is 0.0229. The standard InChI is InChI=1S/C16H25NO2/c1-4-14-5-7-15(8-6-14)9-10-16(19)17(11-12-18)13(2)3/h5-8,13,18H,4,9-12H2,1-3H3. The first-order chi connectivity index (χ1) is 9.08. The van der Waals surface area contributed by atoms with Crippen molar-refractivity contribution in [2.24, 2.45) is 0 Å². The molecule has 1 N–H and O–H groups in total. The monoisotopic (exact) mass is 263 g/mol. The molecule has 0 unspecified atom stereocenters. The lowest BCUT2D eigenvalue weighted by Gasteiger charge is -2.26. The van der Waals surface area contributed by atoms with Gasteiger partial charge in [-0.2, -0.15) is 0 Å². The van der Waals surface area contributed by atoms with E-state index >= 15 is 0 Å². The van der Waals surface area contributed by atoms with Crippen molar-refractivity contribution in [2.45, 2.75) is 46.1 Å². The van der Waals surface area contributed by atoms with Crippen molar-refractivity contribution in [3.63, 3.8) is 0 Å². The van der Waals surface area contributed by atoms with Crippen LogP contribution in [0.5, 0.6) is 0 Å². The molecule has 0 spiro atoms. The fourth-order valence-electron chi connectivity index (χ4n) is 2.12. The highest BCUT2D eigenvalue weighted by molar-refractivity contribution is 5.76. The second-order valence-electron chi connectivity index (χ2n) is 5.07. The minimum absolute atomic E-state index is 0.0229. The second kappa shape index (κ2) is 7.95. The Hall–Kier alpha value is -1.35. The molecule has 19 heavy (non-hydrogen) atoms. The molecule has 0 aromatic heterocycles. The van der Waals surface area contributed by atoms with Crippen LogP contribution in [-0.4, -0.2) is 35.1 Å². The summed E-state index contributed by atoms with van der Waals surface area (Å²) in [6.45, 7) is 6.53.